The Hall–Kier alpha value is -1.95. The van der Waals surface area contributed by atoms with Crippen LogP contribution in [0.1, 0.15) is 36.9 Å². The van der Waals surface area contributed by atoms with E-state index < -0.39 is 0 Å². The third kappa shape index (κ3) is 3.35. The molecule has 2 aliphatic rings. The predicted molar refractivity (Wildman–Crippen MR) is 120 cm³/mol. The fourth-order valence-corrected chi connectivity index (χ4v) is 5.61. The summed E-state index contributed by atoms with van der Waals surface area (Å²) in [5, 5.41) is 2.14. The lowest BCUT2D eigenvalue weighted by Gasteiger charge is -2.30. The average Bonchev–Trinajstić information content (AvgIpc) is 3.45. The second-order valence-electron chi connectivity index (χ2n) is 7.17. The van der Waals surface area contributed by atoms with Crippen LogP contribution in [0.25, 0.3) is 11.3 Å². The molecular formula is C22H19Cl2N3OS. The van der Waals surface area contributed by atoms with E-state index in [1.54, 1.807) is 6.07 Å². The van der Waals surface area contributed by atoms with E-state index in [1.807, 2.05) is 60.4 Å². The Morgan fingerprint density at radius 2 is 2.03 bits per heavy atom. The monoisotopic (exact) mass is 443 g/mol. The Bertz CT molecular complexity index is 1070. The molecule has 3 aromatic rings. The van der Waals surface area contributed by atoms with Crippen molar-refractivity contribution in [2.75, 3.05) is 5.75 Å². The Kier molecular flexibility index (Phi) is 5.06. The molecule has 0 N–H and O–H groups in total. The summed E-state index contributed by atoms with van der Waals surface area (Å²) in [7, 11) is 0. The maximum atomic E-state index is 6.35. The Morgan fingerprint density at radius 3 is 2.79 bits per heavy atom. The molecular weight excluding hydrogens is 425 g/mol. The Balaban J connectivity index is 1.55. The standard InChI is InChI=1S/C22H19Cl2N3OS/c1-2-14-12-29-22-26-20(17-5-3-4-10-25-17)21(27(14)22)19-9-8-18(28-19)13-6-7-15(23)16(24)11-13/h3-11,14,20-21H,2,12H2,1H3/t14-,20+,21+/m1/s1. The van der Waals surface area contributed by atoms with Crippen LogP contribution in [0.3, 0.4) is 0 Å². The van der Waals surface area contributed by atoms with E-state index in [9.17, 15) is 0 Å². The summed E-state index contributed by atoms with van der Waals surface area (Å²) >= 11 is 14.1. The number of thioether (sulfide) groups is 1. The van der Waals surface area contributed by atoms with Crippen LogP contribution in [0.2, 0.25) is 10.0 Å². The molecule has 2 aromatic heterocycles. The molecule has 0 amide bonds. The smallest absolute Gasteiger partial charge is 0.161 e. The van der Waals surface area contributed by atoms with Crippen molar-refractivity contribution in [1.82, 2.24) is 9.88 Å². The minimum atomic E-state index is -0.0825. The van der Waals surface area contributed by atoms with Crippen LogP contribution in [0.5, 0.6) is 0 Å². The number of halogens is 2. The van der Waals surface area contributed by atoms with E-state index in [0.29, 0.717) is 16.1 Å². The number of nitrogens with zero attached hydrogens (tertiary/aromatic N) is 3. The third-order valence-corrected chi connectivity index (χ3v) is 7.32. The first-order valence-electron chi connectivity index (χ1n) is 9.60. The van der Waals surface area contributed by atoms with Gasteiger partial charge in [0.15, 0.2) is 5.17 Å². The molecule has 29 heavy (non-hydrogen) atoms. The molecule has 0 bridgehead atoms. The normalized spacial score (nSPS) is 23.3. The van der Waals surface area contributed by atoms with Crippen molar-refractivity contribution in [2.24, 2.45) is 4.99 Å². The van der Waals surface area contributed by atoms with Crippen molar-refractivity contribution < 1.29 is 4.42 Å². The Morgan fingerprint density at radius 1 is 1.14 bits per heavy atom. The van der Waals surface area contributed by atoms with Crippen molar-refractivity contribution in [2.45, 2.75) is 31.5 Å². The number of benzene rings is 1. The van der Waals surface area contributed by atoms with Gasteiger partial charge in [-0.3, -0.25) is 4.98 Å². The molecule has 1 saturated heterocycles. The van der Waals surface area contributed by atoms with Gasteiger partial charge < -0.3 is 9.32 Å². The second kappa shape index (κ2) is 7.71. The van der Waals surface area contributed by atoms with Crippen molar-refractivity contribution in [1.29, 1.82) is 0 Å². The van der Waals surface area contributed by atoms with Crippen LogP contribution < -0.4 is 0 Å². The van der Waals surface area contributed by atoms with Gasteiger partial charge >= 0.3 is 0 Å². The molecule has 3 atom stereocenters. The first-order valence-corrected chi connectivity index (χ1v) is 11.3. The van der Waals surface area contributed by atoms with Crippen LogP contribution in [0.4, 0.5) is 0 Å². The fraction of sp³-hybridized carbons (Fsp3) is 0.273. The highest BCUT2D eigenvalue weighted by atomic mass is 35.5. The lowest BCUT2D eigenvalue weighted by molar-refractivity contribution is 0.226. The summed E-state index contributed by atoms with van der Waals surface area (Å²) in [4.78, 5) is 12.0. The van der Waals surface area contributed by atoms with E-state index in [-0.39, 0.29) is 12.1 Å². The van der Waals surface area contributed by atoms with Crippen LogP contribution in [-0.2, 0) is 0 Å². The summed E-state index contributed by atoms with van der Waals surface area (Å²) in [5.74, 6) is 2.72. The van der Waals surface area contributed by atoms with Crippen LogP contribution in [-0.4, -0.2) is 26.8 Å². The topological polar surface area (TPSA) is 41.6 Å². The van der Waals surface area contributed by atoms with E-state index in [0.717, 1.165) is 40.1 Å². The van der Waals surface area contributed by atoms with Gasteiger partial charge in [0.25, 0.3) is 0 Å². The maximum absolute atomic E-state index is 6.35. The van der Waals surface area contributed by atoms with Gasteiger partial charge in [-0.1, -0.05) is 48.0 Å². The molecule has 4 heterocycles. The number of rotatable bonds is 4. The number of hydrogen-bond donors (Lipinski definition) is 0. The SMILES string of the molecule is CC[C@@H]1CSC2=N[C@@H](c3ccccn3)[C@H](c3ccc(-c4ccc(Cl)c(Cl)c4)o3)N21. The largest absolute Gasteiger partial charge is 0.459 e. The fourth-order valence-electron chi connectivity index (χ4n) is 3.98. The number of pyridine rings is 1. The number of furan rings is 1. The molecule has 148 valence electrons. The minimum absolute atomic E-state index is 0.00336. The van der Waals surface area contributed by atoms with Crippen molar-refractivity contribution in [3.05, 3.63) is 76.2 Å². The summed E-state index contributed by atoms with van der Waals surface area (Å²) in [6, 6.07) is 15.9. The first kappa shape index (κ1) is 19.0. The third-order valence-electron chi connectivity index (χ3n) is 5.45. The zero-order valence-corrected chi connectivity index (χ0v) is 18.1. The molecule has 5 rings (SSSR count). The van der Waals surface area contributed by atoms with Gasteiger partial charge in [-0.05, 0) is 48.9 Å². The summed E-state index contributed by atoms with van der Waals surface area (Å²) in [6.45, 7) is 2.22. The zero-order chi connectivity index (χ0) is 20.0. The predicted octanol–water partition coefficient (Wildman–Crippen LogP) is 6.63. The quantitative estimate of drug-likeness (QED) is 0.453. The first-order chi connectivity index (χ1) is 14.2. The number of fused-ring (bicyclic) bond motifs is 1. The van der Waals surface area contributed by atoms with E-state index in [4.69, 9.17) is 32.6 Å². The highest BCUT2D eigenvalue weighted by molar-refractivity contribution is 8.14. The highest BCUT2D eigenvalue weighted by Crippen LogP contribution is 2.49. The highest BCUT2D eigenvalue weighted by Gasteiger charge is 2.46. The lowest BCUT2D eigenvalue weighted by atomic mass is 10.0. The van der Waals surface area contributed by atoms with Gasteiger partial charge in [0, 0.05) is 23.6 Å². The number of aliphatic imine (C=N–C) groups is 1. The van der Waals surface area contributed by atoms with Crippen molar-refractivity contribution in [3.8, 4) is 11.3 Å². The van der Waals surface area contributed by atoms with Crippen molar-refractivity contribution >= 4 is 40.1 Å². The van der Waals surface area contributed by atoms with Crippen LogP contribution >= 0.6 is 35.0 Å². The zero-order valence-electron chi connectivity index (χ0n) is 15.8. The average molecular weight is 444 g/mol. The van der Waals surface area contributed by atoms with Crippen LogP contribution in [0.15, 0.2) is 64.1 Å². The van der Waals surface area contributed by atoms with E-state index in [1.165, 1.54) is 0 Å². The number of hydrogen-bond acceptors (Lipinski definition) is 5. The maximum Gasteiger partial charge on any atom is 0.161 e. The second-order valence-corrected chi connectivity index (χ2v) is 8.97. The van der Waals surface area contributed by atoms with Gasteiger partial charge in [-0.2, -0.15) is 0 Å². The molecule has 0 unspecified atom stereocenters. The molecule has 0 radical (unpaired) electrons. The summed E-state index contributed by atoms with van der Waals surface area (Å²) in [6.07, 6.45) is 2.89. The number of aromatic nitrogens is 1. The van der Waals surface area contributed by atoms with Gasteiger partial charge in [-0.15, -0.1) is 0 Å². The summed E-state index contributed by atoms with van der Waals surface area (Å²) < 4.78 is 6.35. The van der Waals surface area contributed by atoms with Gasteiger partial charge in [0.1, 0.15) is 23.6 Å². The number of amidine groups is 1. The molecule has 1 aromatic carbocycles. The molecule has 0 aliphatic carbocycles. The van der Waals surface area contributed by atoms with Gasteiger partial charge in [-0.25, -0.2) is 4.99 Å². The van der Waals surface area contributed by atoms with Crippen LogP contribution in [0, 0.1) is 0 Å². The molecule has 1 fully saturated rings. The van der Waals surface area contributed by atoms with Gasteiger partial charge in [0.2, 0.25) is 0 Å². The van der Waals surface area contributed by atoms with Crippen molar-refractivity contribution in [3.63, 3.8) is 0 Å². The molecule has 2 aliphatic heterocycles. The van der Waals surface area contributed by atoms with Gasteiger partial charge in [0.05, 0.1) is 15.7 Å². The Labute approximate surface area is 183 Å². The molecule has 0 spiro atoms. The lowest BCUT2D eigenvalue weighted by Crippen LogP contribution is -2.35. The molecule has 4 nitrogen and oxygen atoms in total. The molecule has 7 heteroatoms. The van der Waals surface area contributed by atoms with E-state index in [2.05, 4.69) is 16.8 Å². The minimum Gasteiger partial charge on any atom is -0.459 e. The van der Waals surface area contributed by atoms with E-state index >= 15 is 0 Å². The summed E-state index contributed by atoms with van der Waals surface area (Å²) in [5.41, 5.74) is 1.87. The molecule has 0 saturated carbocycles.